The van der Waals surface area contributed by atoms with Gasteiger partial charge in [-0.1, -0.05) is 17.7 Å². The molecule has 0 aliphatic heterocycles. The number of hydrogen-bond donors (Lipinski definition) is 1. The van der Waals surface area contributed by atoms with Crippen molar-refractivity contribution in [3.05, 3.63) is 72.0 Å². The number of anilines is 2. The number of pyridine rings is 1. The van der Waals surface area contributed by atoms with Crippen molar-refractivity contribution in [2.45, 2.75) is 0 Å². The van der Waals surface area contributed by atoms with Gasteiger partial charge in [0.25, 0.3) is 6.01 Å². The predicted octanol–water partition coefficient (Wildman–Crippen LogP) is 5.29. The summed E-state index contributed by atoms with van der Waals surface area (Å²) >= 11 is 5.90. The molecule has 112 valence electrons. The third-order valence-corrected chi connectivity index (χ3v) is 3.74. The molecule has 0 fully saturated rings. The van der Waals surface area contributed by atoms with E-state index >= 15 is 0 Å². The molecular weight excluding hydrogens is 310 g/mol. The Balaban J connectivity index is 1.60. The summed E-state index contributed by atoms with van der Waals surface area (Å²) in [5.41, 5.74) is 2.78. The van der Waals surface area contributed by atoms with Crippen LogP contribution in [0.5, 0.6) is 0 Å². The Bertz CT molecular complexity index is 963. The molecule has 5 heteroatoms. The van der Waals surface area contributed by atoms with Crippen LogP contribution in [0.2, 0.25) is 5.02 Å². The third-order valence-electron chi connectivity index (χ3n) is 3.49. The lowest BCUT2D eigenvalue weighted by molar-refractivity contribution is 0.592. The summed E-state index contributed by atoms with van der Waals surface area (Å²) in [5, 5.41) is 4.91. The third kappa shape index (κ3) is 2.89. The lowest BCUT2D eigenvalue weighted by Gasteiger charge is -2.03. The second kappa shape index (κ2) is 5.74. The number of halogens is 1. The van der Waals surface area contributed by atoms with Gasteiger partial charge in [0, 0.05) is 27.9 Å². The second-order valence-corrected chi connectivity index (χ2v) is 5.51. The SMILES string of the molecule is Clc1ccc(-c2cnc(Nc3ccc4ncccc4c3)o2)cc1. The van der Waals surface area contributed by atoms with E-state index in [2.05, 4.69) is 15.3 Å². The minimum atomic E-state index is 0.443. The van der Waals surface area contributed by atoms with Gasteiger partial charge in [-0.15, -0.1) is 0 Å². The summed E-state index contributed by atoms with van der Waals surface area (Å²) < 4.78 is 5.74. The lowest BCUT2D eigenvalue weighted by Crippen LogP contribution is -1.90. The van der Waals surface area contributed by atoms with E-state index in [1.54, 1.807) is 12.4 Å². The average molecular weight is 322 g/mol. The van der Waals surface area contributed by atoms with Crippen LogP contribution < -0.4 is 5.32 Å². The standard InChI is InChI=1S/C18H12ClN3O/c19-14-5-3-12(4-6-14)17-11-21-18(23-17)22-15-7-8-16-13(10-15)2-1-9-20-16/h1-11H,(H,21,22). The topological polar surface area (TPSA) is 51.0 Å². The largest absolute Gasteiger partial charge is 0.423 e. The number of nitrogens with one attached hydrogen (secondary N) is 1. The van der Waals surface area contributed by atoms with Gasteiger partial charge in [0.05, 0.1) is 11.7 Å². The second-order valence-electron chi connectivity index (χ2n) is 5.07. The van der Waals surface area contributed by atoms with Gasteiger partial charge < -0.3 is 9.73 Å². The van der Waals surface area contributed by atoms with Crippen molar-refractivity contribution in [1.82, 2.24) is 9.97 Å². The average Bonchev–Trinajstić information content (AvgIpc) is 3.04. The summed E-state index contributed by atoms with van der Waals surface area (Å²) in [6.45, 7) is 0. The van der Waals surface area contributed by atoms with Gasteiger partial charge in [-0.05, 0) is 48.5 Å². The van der Waals surface area contributed by atoms with Crippen LogP contribution >= 0.6 is 11.6 Å². The molecule has 1 N–H and O–H groups in total. The fourth-order valence-corrected chi connectivity index (χ4v) is 2.48. The first kappa shape index (κ1) is 13.8. The molecule has 2 aromatic carbocycles. The maximum absolute atomic E-state index is 5.90. The fourth-order valence-electron chi connectivity index (χ4n) is 2.36. The fraction of sp³-hybridized carbons (Fsp3) is 0. The van der Waals surface area contributed by atoms with E-state index in [1.807, 2.05) is 54.6 Å². The van der Waals surface area contributed by atoms with Crippen molar-refractivity contribution in [3.8, 4) is 11.3 Å². The monoisotopic (exact) mass is 321 g/mol. The predicted molar refractivity (Wildman–Crippen MR) is 92.0 cm³/mol. The zero-order valence-corrected chi connectivity index (χ0v) is 12.8. The number of oxazole rings is 1. The highest BCUT2D eigenvalue weighted by Gasteiger charge is 2.07. The summed E-state index contributed by atoms with van der Waals surface area (Å²) in [6, 6.07) is 17.7. The molecule has 4 aromatic rings. The Morgan fingerprint density at radius 2 is 1.83 bits per heavy atom. The van der Waals surface area contributed by atoms with E-state index < -0.39 is 0 Å². The first-order chi connectivity index (χ1) is 11.3. The van der Waals surface area contributed by atoms with Gasteiger partial charge in [-0.3, -0.25) is 4.98 Å². The molecule has 0 saturated carbocycles. The van der Waals surface area contributed by atoms with Crippen molar-refractivity contribution in [3.63, 3.8) is 0 Å². The molecule has 0 spiro atoms. The molecule has 0 radical (unpaired) electrons. The number of rotatable bonds is 3. The zero-order chi connectivity index (χ0) is 15.6. The van der Waals surface area contributed by atoms with Crippen LogP contribution in [0.25, 0.3) is 22.2 Å². The van der Waals surface area contributed by atoms with Crippen molar-refractivity contribution in [2.24, 2.45) is 0 Å². The van der Waals surface area contributed by atoms with E-state index in [1.165, 1.54) is 0 Å². The molecule has 0 aliphatic rings. The molecule has 23 heavy (non-hydrogen) atoms. The Hall–Kier alpha value is -2.85. The Kier molecular flexibility index (Phi) is 3.44. The molecule has 0 unspecified atom stereocenters. The summed E-state index contributed by atoms with van der Waals surface area (Å²) in [7, 11) is 0. The smallest absolute Gasteiger partial charge is 0.299 e. The molecule has 0 bridgehead atoms. The van der Waals surface area contributed by atoms with E-state index in [-0.39, 0.29) is 0 Å². The van der Waals surface area contributed by atoms with Crippen LogP contribution in [0.15, 0.2) is 71.4 Å². The molecule has 0 saturated heterocycles. The van der Waals surface area contributed by atoms with Crippen LogP contribution in [0.4, 0.5) is 11.7 Å². The van der Waals surface area contributed by atoms with Crippen LogP contribution in [0, 0.1) is 0 Å². The maximum Gasteiger partial charge on any atom is 0.299 e. The Morgan fingerprint density at radius 3 is 2.70 bits per heavy atom. The first-order valence-corrected chi connectivity index (χ1v) is 7.49. The minimum absolute atomic E-state index is 0.443. The number of aromatic nitrogens is 2. The van der Waals surface area contributed by atoms with Crippen LogP contribution in [-0.2, 0) is 0 Å². The quantitative estimate of drug-likeness (QED) is 0.557. The van der Waals surface area contributed by atoms with Crippen molar-refractivity contribution >= 4 is 34.2 Å². The zero-order valence-electron chi connectivity index (χ0n) is 12.0. The van der Waals surface area contributed by atoms with Gasteiger partial charge in [0.1, 0.15) is 0 Å². The Labute approximate surface area is 137 Å². The molecule has 4 rings (SSSR count). The molecule has 2 heterocycles. The number of benzene rings is 2. The van der Waals surface area contributed by atoms with Gasteiger partial charge in [-0.25, -0.2) is 4.98 Å². The highest BCUT2D eigenvalue weighted by molar-refractivity contribution is 6.30. The molecule has 4 nitrogen and oxygen atoms in total. The Morgan fingerprint density at radius 1 is 0.957 bits per heavy atom. The van der Waals surface area contributed by atoms with E-state index in [9.17, 15) is 0 Å². The summed E-state index contributed by atoms with van der Waals surface area (Å²) in [5.74, 6) is 0.687. The lowest BCUT2D eigenvalue weighted by atomic mass is 10.2. The van der Waals surface area contributed by atoms with E-state index in [4.69, 9.17) is 16.0 Å². The normalized spacial score (nSPS) is 10.8. The van der Waals surface area contributed by atoms with Gasteiger partial charge >= 0.3 is 0 Å². The number of nitrogens with zero attached hydrogens (tertiary/aromatic N) is 2. The molecule has 2 aromatic heterocycles. The van der Waals surface area contributed by atoms with Crippen LogP contribution in [0.3, 0.4) is 0 Å². The highest BCUT2D eigenvalue weighted by Crippen LogP contribution is 2.26. The van der Waals surface area contributed by atoms with Crippen LogP contribution in [-0.4, -0.2) is 9.97 Å². The maximum atomic E-state index is 5.90. The van der Waals surface area contributed by atoms with Gasteiger partial charge in [0.2, 0.25) is 0 Å². The van der Waals surface area contributed by atoms with Crippen molar-refractivity contribution < 1.29 is 4.42 Å². The summed E-state index contributed by atoms with van der Waals surface area (Å²) in [4.78, 5) is 8.57. The number of hydrogen-bond acceptors (Lipinski definition) is 4. The van der Waals surface area contributed by atoms with Gasteiger partial charge in [0.15, 0.2) is 5.76 Å². The molecule has 0 aliphatic carbocycles. The molecule has 0 amide bonds. The molecular formula is C18H12ClN3O. The summed E-state index contributed by atoms with van der Waals surface area (Å²) in [6.07, 6.45) is 3.47. The molecule has 0 atom stereocenters. The minimum Gasteiger partial charge on any atom is -0.423 e. The van der Waals surface area contributed by atoms with Crippen molar-refractivity contribution in [2.75, 3.05) is 5.32 Å². The van der Waals surface area contributed by atoms with Crippen molar-refractivity contribution in [1.29, 1.82) is 0 Å². The highest BCUT2D eigenvalue weighted by atomic mass is 35.5. The van der Waals surface area contributed by atoms with Gasteiger partial charge in [-0.2, -0.15) is 0 Å². The number of fused-ring (bicyclic) bond motifs is 1. The van der Waals surface area contributed by atoms with Crippen LogP contribution in [0.1, 0.15) is 0 Å². The van der Waals surface area contributed by atoms with E-state index in [0.29, 0.717) is 16.8 Å². The first-order valence-electron chi connectivity index (χ1n) is 7.11. The van der Waals surface area contributed by atoms with E-state index in [0.717, 1.165) is 22.2 Å².